The van der Waals surface area contributed by atoms with Crippen LogP contribution in [0, 0.1) is 5.82 Å². The van der Waals surface area contributed by atoms with Crippen LogP contribution in [-0.2, 0) is 6.54 Å². The molecule has 20 heavy (non-hydrogen) atoms. The smallest absolute Gasteiger partial charge is 0.147 e. The van der Waals surface area contributed by atoms with E-state index in [1.165, 1.54) is 24.3 Å². The summed E-state index contributed by atoms with van der Waals surface area (Å²) in [7, 11) is 1.78. The molecule has 6 heteroatoms. The minimum Gasteiger partial charge on any atom is -0.456 e. The molecule has 0 heterocycles. The van der Waals surface area contributed by atoms with E-state index in [9.17, 15) is 4.39 Å². The van der Waals surface area contributed by atoms with Crippen LogP contribution in [0.5, 0.6) is 11.5 Å². The second-order valence-electron chi connectivity index (χ2n) is 4.12. The number of ether oxygens (including phenoxy) is 1. The highest BCUT2D eigenvalue weighted by Crippen LogP contribution is 2.36. The molecule has 0 fully saturated rings. The van der Waals surface area contributed by atoms with Gasteiger partial charge in [-0.2, -0.15) is 0 Å². The molecule has 0 atom stereocenters. The Bertz CT molecular complexity index is 634. The fourth-order valence-electron chi connectivity index (χ4n) is 1.70. The number of hydrogen-bond acceptors (Lipinski definition) is 2. The molecule has 0 aliphatic carbocycles. The van der Waals surface area contributed by atoms with E-state index in [4.69, 9.17) is 39.5 Å². The highest BCUT2D eigenvalue weighted by Gasteiger charge is 2.09. The third-order valence-corrected chi connectivity index (χ3v) is 3.53. The van der Waals surface area contributed by atoms with Gasteiger partial charge in [0.2, 0.25) is 0 Å². The number of benzene rings is 2. The monoisotopic (exact) mass is 333 g/mol. The quantitative estimate of drug-likeness (QED) is 0.766. The maximum Gasteiger partial charge on any atom is 0.147 e. The highest BCUT2D eigenvalue weighted by molar-refractivity contribution is 6.43. The van der Waals surface area contributed by atoms with Crippen LogP contribution in [0.15, 0.2) is 30.3 Å². The largest absolute Gasteiger partial charge is 0.456 e. The second-order valence-corrected chi connectivity index (χ2v) is 5.35. The topological polar surface area (TPSA) is 21.3 Å². The number of rotatable bonds is 4. The first-order valence-corrected chi connectivity index (χ1v) is 6.89. The summed E-state index contributed by atoms with van der Waals surface area (Å²) < 4.78 is 19.1. The van der Waals surface area contributed by atoms with E-state index in [0.29, 0.717) is 33.1 Å². The van der Waals surface area contributed by atoms with Crippen LogP contribution in [0.1, 0.15) is 5.56 Å². The standard InChI is InChI=1S/C14H11Cl3FNO/c1-19-7-8-2-9(18)4-10(3-8)20-14-6-12(16)11(15)5-13(14)17/h2-6,19H,7H2,1H3. The van der Waals surface area contributed by atoms with Gasteiger partial charge < -0.3 is 10.1 Å². The molecule has 0 radical (unpaired) electrons. The van der Waals surface area contributed by atoms with Crippen molar-refractivity contribution in [3.05, 3.63) is 56.8 Å². The first-order chi connectivity index (χ1) is 9.49. The molecule has 2 nitrogen and oxygen atoms in total. The molecular formula is C14H11Cl3FNO. The summed E-state index contributed by atoms with van der Waals surface area (Å²) in [5.74, 6) is 0.279. The predicted octanol–water partition coefficient (Wildman–Crippen LogP) is 5.30. The Hall–Kier alpha value is -1.000. The predicted molar refractivity (Wildman–Crippen MR) is 80.7 cm³/mol. The SMILES string of the molecule is CNCc1cc(F)cc(Oc2cc(Cl)c(Cl)cc2Cl)c1. The summed E-state index contributed by atoms with van der Waals surface area (Å²) in [5.41, 5.74) is 0.763. The Kier molecular flexibility index (Phi) is 5.11. The lowest BCUT2D eigenvalue weighted by Gasteiger charge is -2.10. The Balaban J connectivity index is 2.32. The number of hydrogen-bond donors (Lipinski definition) is 1. The lowest BCUT2D eigenvalue weighted by atomic mass is 10.2. The zero-order valence-electron chi connectivity index (χ0n) is 10.5. The molecule has 2 rings (SSSR count). The van der Waals surface area contributed by atoms with Crippen LogP contribution >= 0.6 is 34.8 Å². The van der Waals surface area contributed by atoms with Crippen molar-refractivity contribution in [3.63, 3.8) is 0 Å². The molecule has 0 amide bonds. The van der Waals surface area contributed by atoms with Crippen LogP contribution in [0.4, 0.5) is 4.39 Å². The normalized spacial score (nSPS) is 10.7. The molecule has 106 valence electrons. The van der Waals surface area contributed by atoms with Gasteiger partial charge in [-0.05, 0) is 30.8 Å². The van der Waals surface area contributed by atoms with E-state index in [-0.39, 0.29) is 5.82 Å². The fraction of sp³-hybridized carbons (Fsp3) is 0.143. The van der Waals surface area contributed by atoms with Gasteiger partial charge in [0.15, 0.2) is 0 Å². The van der Waals surface area contributed by atoms with Crippen LogP contribution in [-0.4, -0.2) is 7.05 Å². The lowest BCUT2D eigenvalue weighted by Crippen LogP contribution is -2.05. The molecule has 2 aromatic carbocycles. The summed E-state index contributed by atoms with van der Waals surface area (Å²) in [6.45, 7) is 0.531. The van der Waals surface area contributed by atoms with E-state index in [1.807, 2.05) is 0 Å². The average molecular weight is 335 g/mol. The summed E-state index contributed by atoms with van der Waals surface area (Å²) in [6, 6.07) is 7.40. The fourth-order valence-corrected chi connectivity index (χ4v) is 2.27. The molecule has 0 aliphatic rings. The van der Waals surface area contributed by atoms with Crippen molar-refractivity contribution in [3.8, 4) is 11.5 Å². The van der Waals surface area contributed by atoms with Gasteiger partial charge in [0, 0.05) is 18.7 Å². The molecule has 0 aliphatic heterocycles. The zero-order chi connectivity index (χ0) is 14.7. The van der Waals surface area contributed by atoms with Crippen LogP contribution in [0.3, 0.4) is 0 Å². The zero-order valence-corrected chi connectivity index (χ0v) is 12.8. The van der Waals surface area contributed by atoms with E-state index in [2.05, 4.69) is 5.32 Å². The van der Waals surface area contributed by atoms with Gasteiger partial charge in [-0.15, -0.1) is 0 Å². The Morgan fingerprint density at radius 2 is 1.70 bits per heavy atom. The highest BCUT2D eigenvalue weighted by atomic mass is 35.5. The Morgan fingerprint density at radius 1 is 1.00 bits per heavy atom. The summed E-state index contributed by atoms with van der Waals surface area (Å²) in [5, 5.41) is 3.90. The Labute approximate surface area is 131 Å². The first-order valence-electron chi connectivity index (χ1n) is 5.76. The number of nitrogens with one attached hydrogen (secondary N) is 1. The maximum atomic E-state index is 13.5. The van der Waals surface area contributed by atoms with Crippen LogP contribution < -0.4 is 10.1 Å². The van der Waals surface area contributed by atoms with Crippen molar-refractivity contribution >= 4 is 34.8 Å². The van der Waals surface area contributed by atoms with Crippen LogP contribution in [0.2, 0.25) is 15.1 Å². The van der Waals surface area contributed by atoms with Gasteiger partial charge >= 0.3 is 0 Å². The van der Waals surface area contributed by atoms with Gasteiger partial charge in [-0.25, -0.2) is 4.39 Å². The summed E-state index contributed by atoms with van der Waals surface area (Å²) in [6.07, 6.45) is 0. The van der Waals surface area contributed by atoms with Gasteiger partial charge in [0.25, 0.3) is 0 Å². The average Bonchev–Trinajstić information content (AvgIpc) is 2.35. The van der Waals surface area contributed by atoms with Crippen molar-refractivity contribution in [2.24, 2.45) is 0 Å². The Morgan fingerprint density at radius 3 is 2.40 bits per heavy atom. The third kappa shape index (κ3) is 3.76. The summed E-state index contributed by atoms with van der Waals surface area (Å²) in [4.78, 5) is 0. The second kappa shape index (κ2) is 6.64. The lowest BCUT2D eigenvalue weighted by molar-refractivity contribution is 0.475. The minimum absolute atomic E-state index is 0.304. The summed E-state index contributed by atoms with van der Waals surface area (Å²) >= 11 is 17.8. The molecule has 0 spiro atoms. The van der Waals surface area contributed by atoms with Gasteiger partial charge in [-0.3, -0.25) is 0 Å². The molecule has 0 saturated heterocycles. The van der Waals surface area contributed by atoms with E-state index in [1.54, 1.807) is 13.1 Å². The molecule has 0 saturated carbocycles. The van der Waals surface area contributed by atoms with Crippen LogP contribution in [0.25, 0.3) is 0 Å². The third-order valence-electron chi connectivity index (χ3n) is 2.51. The van der Waals surface area contributed by atoms with E-state index >= 15 is 0 Å². The molecule has 2 aromatic rings. The maximum absolute atomic E-state index is 13.5. The first kappa shape index (κ1) is 15.4. The number of halogens is 4. The van der Waals surface area contributed by atoms with Crippen molar-refractivity contribution < 1.29 is 9.13 Å². The van der Waals surface area contributed by atoms with Gasteiger partial charge in [0.05, 0.1) is 15.1 Å². The minimum atomic E-state index is -0.385. The van der Waals surface area contributed by atoms with Gasteiger partial charge in [-0.1, -0.05) is 34.8 Å². The van der Waals surface area contributed by atoms with Crippen molar-refractivity contribution in [2.45, 2.75) is 6.54 Å². The molecule has 0 bridgehead atoms. The van der Waals surface area contributed by atoms with E-state index < -0.39 is 0 Å². The van der Waals surface area contributed by atoms with E-state index in [0.717, 1.165) is 5.56 Å². The van der Waals surface area contributed by atoms with Crippen molar-refractivity contribution in [1.82, 2.24) is 5.32 Å². The molecular weight excluding hydrogens is 324 g/mol. The van der Waals surface area contributed by atoms with Crippen molar-refractivity contribution in [1.29, 1.82) is 0 Å². The van der Waals surface area contributed by atoms with Gasteiger partial charge in [0.1, 0.15) is 17.3 Å². The van der Waals surface area contributed by atoms with Crippen molar-refractivity contribution in [2.75, 3.05) is 7.05 Å². The molecule has 0 unspecified atom stereocenters. The molecule has 0 aromatic heterocycles. The molecule has 1 N–H and O–H groups in total.